The summed E-state index contributed by atoms with van der Waals surface area (Å²) in [5.74, 6) is -0.0654. The molecule has 0 spiro atoms. The van der Waals surface area contributed by atoms with Gasteiger partial charge in [-0.1, -0.05) is 72.3 Å². The van der Waals surface area contributed by atoms with Gasteiger partial charge in [-0.2, -0.15) is 0 Å². The first-order chi connectivity index (χ1) is 16.0. The second-order valence-corrected chi connectivity index (χ2v) is 7.34. The molecule has 0 atom stereocenters. The molecule has 168 valence electrons. The van der Waals surface area contributed by atoms with Crippen LogP contribution in [-0.4, -0.2) is 26.0 Å². The van der Waals surface area contributed by atoms with E-state index in [1.807, 2.05) is 49.4 Å². The number of ether oxygens (including phenoxy) is 3. The number of benzene rings is 3. The maximum absolute atomic E-state index is 12.6. The summed E-state index contributed by atoms with van der Waals surface area (Å²) >= 11 is 0. The fourth-order valence-corrected chi connectivity index (χ4v) is 3.20. The number of carbonyl (C=O) groups is 2. The van der Waals surface area contributed by atoms with Gasteiger partial charge in [0.2, 0.25) is 0 Å². The first kappa shape index (κ1) is 23.5. The maximum Gasteiger partial charge on any atom is 0.341 e. The van der Waals surface area contributed by atoms with Gasteiger partial charge in [0.25, 0.3) is 0 Å². The Labute approximate surface area is 193 Å². The first-order valence-electron chi connectivity index (χ1n) is 10.4. The molecule has 0 bridgehead atoms. The molecule has 0 heterocycles. The van der Waals surface area contributed by atoms with Crippen LogP contribution in [-0.2, 0) is 20.9 Å². The number of ketones is 1. The van der Waals surface area contributed by atoms with Crippen LogP contribution in [0, 0.1) is 6.92 Å². The van der Waals surface area contributed by atoms with E-state index >= 15 is 0 Å². The van der Waals surface area contributed by atoms with Crippen LogP contribution in [0.25, 0.3) is 11.6 Å². The first-order valence-corrected chi connectivity index (χ1v) is 10.4. The summed E-state index contributed by atoms with van der Waals surface area (Å²) in [5.41, 5.74) is 4.38. The van der Waals surface area contributed by atoms with Crippen molar-refractivity contribution >= 4 is 23.4 Å². The molecule has 5 heteroatoms. The molecule has 0 N–H and O–H groups in total. The van der Waals surface area contributed by atoms with Crippen LogP contribution in [0.1, 0.15) is 32.6 Å². The molecule has 0 aliphatic rings. The van der Waals surface area contributed by atoms with Gasteiger partial charge in [0.15, 0.2) is 5.78 Å². The van der Waals surface area contributed by atoms with Gasteiger partial charge in [0.05, 0.1) is 20.5 Å². The van der Waals surface area contributed by atoms with Crippen LogP contribution in [0.3, 0.4) is 0 Å². The summed E-state index contributed by atoms with van der Waals surface area (Å²) in [4.78, 5) is 24.8. The second-order valence-electron chi connectivity index (χ2n) is 7.34. The van der Waals surface area contributed by atoms with Crippen LogP contribution in [0.5, 0.6) is 5.75 Å². The largest absolute Gasteiger partial charge is 0.503 e. The standard InChI is InChI=1S/C28H26O5/c1-20-11-13-21(14-12-20)15-16-27(29)22-8-6-9-24(17-22)33-18-23-7-4-5-10-25(23)26(19-31-2)28(30)32-3/h4-17,19H,18H2,1-3H3/b16-15+,26-19+. The maximum atomic E-state index is 12.6. The lowest BCUT2D eigenvalue weighted by molar-refractivity contribution is -0.133. The number of rotatable bonds is 9. The minimum atomic E-state index is -0.503. The van der Waals surface area contributed by atoms with E-state index in [4.69, 9.17) is 14.2 Å². The van der Waals surface area contributed by atoms with Crippen LogP contribution < -0.4 is 4.74 Å². The van der Waals surface area contributed by atoms with E-state index < -0.39 is 5.97 Å². The fraction of sp³-hybridized carbons (Fsp3) is 0.143. The van der Waals surface area contributed by atoms with E-state index in [0.29, 0.717) is 22.4 Å². The van der Waals surface area contributed by atoms with Crippen molar-refractivity contribution in [3.63, 3.8) is 0 Å². The highest BCUT2D eigenvalue weighted by molar-refractivity contribution is 6.16. The minimum absolute atomic E-state index is 0.113. The highest BCUT2D eigenvalue weighted by atomic mass is 16.5. The predicted molar refractivity (Wildman–Crippen MR) is 129 cm³/mol. The van der Waals surface area contributed by atoms with E-state index in [9.17, 15) is 9.59 Å². The van der Waals surface area contributed by atoms with E-state index in [1.165, 1.54) is 26.0 Å². The third kappa shape index (κ3) is 6.43. The summed E-state index contributed by atoms with van der Waals surface area (Å²) in [6, 6.07) is 22.3. The third-order valence-electron chi connectivity index (χ3n) is 4.97. The van der Waals surface area contributed by atoms with Gasteiger partial charge >= 0.3 is 5.97 Å². The van der Waals surface area contributed by atoms with Crippen molar-refractivity contribution in [3.05, 3.63) is 113 Å². The zero-order valence-corrected chi connectivity index (χ0v) is 18.9. The summed E-state index contributed by atoms with van der Waals surface area (Å²) in [7, 11) is 2.79. The second kappa shape index (κ2) is 11.5. The van der Waals surface area contributed by atoms with Crippen molar-refractivity contribution in [3.8, 4) is 5.75 Å². The molecule has 0 aliphatic heterocycles. The van der Waals surface area contributed by atoms with Gasteiger partial charge in [-0.05, 0) is 41.8 Å². The van der Waals surface area contributed by atoms with Crippen LogP contribution in [0.2, 0.25) is 0 Å². The van der Waals surface area contributed by atoms with Crippen LogP contribution >= 0.6 is 0 Å². The van der Waals surface area contributed by atoms with Gasteiger partial charge in [-0.15, -0.1) is 0 Å². The number of carbonyl (C=O) groups excluding carboxylic acids is 2. The van der Waals surface area contributed by atoms with Gasteiger partial charge < -0.3 is 14.2 Å². The van der Waals surface area contributed by atoms with Crippen LogP contribution in [0.4, 0.5) is 0 Å². The molecule has 3 rings (SSSR count). The van der Waals surface area contributed by atoms with Gasteiger partial charge in [0, 0.05) is 5.56 Å². The molecule has 0 radical (unpaired) electrons. The molecule has 33 heavy (non-hydrogen) atoms. The zero-order chi connectivity index (χ0) is 23.6. The Hall–Kier alpha value is -4.12. The fourth-order valence-electron chi connectivity index (χ4n) is 3.20. The molecule has 0 saturated carbocycles. The molecule has 3 aromatic carbocycles. The topological polar surface area (TPSA) is 61.8 Å². The molecule has 3 aromatic rings. The number of hydrogen-bond donors (Lipinski definition) is 0. The Morgan fingerprint density at radius 3 is 2.39 bits per heavy atom. The zero-order valence-electron chi connectivity index (χ0n) is 18.9. The lowest BCUT2D eigenvalue weighted by Gasteiger charge is -2.13. The number of esters is 1. The Kier molecular flexibility index (Phi) is 8.19. The summed E-state index contributed by atoms with van der Waals surface area (Å²) in [6.07, 6.45) is 4.70. The average Bonchev–Trinajstić information content (AvgIpc) is 2.85. The Morgan fingerprint density at radius 1 is 0.909 bits per heavy atom. The molecule has 0 saturated heterocycles. The summed E-state index contributed by atoms with van der Waals surface area (Å²) in [5, 5.41) is 0. The average molecular weight is 443 g/mol. The SMILES string of the molecule is CO/C=C(/C(=O)OC)c1ccccc1COc1cccc(C(=O)/C=C/c2ccc(C)cc2)c1. The highest BCUT2D eigenvalue weighted by Crippen LogP contribution is 2.23. The molecule has 0 aliphatic carbocycles. The monoisotopic (exact) mass is 442 g/mol. The number of hydrogen-bond acceptors (Lipinski definition) is 5. The van der Waals surface area contributed by atoms with Crippen LogP contribution in [0.15, 0.2) is 85.1 Å². The Balaban J connectivity index is 1.74. The lowest BCUT2D eigenvalue weighted by atomic mass is 10.0. The smallest absolute Gasteiger partial charge is 0.341 e. The highest BCUT2D eigenvalue weighted by Gasteiger charge is 2.17. The molecule has 0 aromatic heterocycles. The van der Waals surface area contributed by atoms with Crippen molar-refractivity contribution in [2.75, 3.05) is 14.2 Å². The van der Waals surface area contributed by atoms with Crippen molar-refractivity contribution in [1.29, 1.82) is 0 Å². The minimum Gasteiger partial charge on any atom is -0.503 e. The lowest BCUT2D eigenvalue weighted by Crippen LogP contribution is -2.08. The summed E-state index contributed by atoms with van der Waals surface area (Å²) in [6.45, 7) is 2.22. The molecule has 0 unspecified atom stereocenters. The molecule has 5 nitrogen and oxygen atoms in total. The third-order valence-corrected chi connectivity index (χ3v) is 4.97. The number of methoxy groups -OCH3 is 2. The van der Waals surface area contributed by atoms with Crippen molar-refractivity contribution in [2.24, 2.45) is 0 Å². The van der Waals surface area contributed by atoms with E-state index in [1.54, 1.807) is 42.5 Å². The quantitative estimate of drug-likeness (QED) is 0.186. The van der Waals surface area contributed by atoms with Crippen molar-refractivity contribution < 1.29 is 23.8 Å². The Morgan fingerprint density at radius 2 is 1.67 bits per heavy atom. The molecular formula is C28H26O5. The van der Waals surface area contributed by atoms with Crippen molar-refractivity contribution in [2.45, 2.75) is 13.5 Å². The predicted octanol–water partition coefficient (Wildman–Crippen LogP) is 5.63. The summed E-state index contributed by atoms with van der Waals surface area (Å²) < 4.78 is 15.9. The molecule has 0 amide bonds. The van der Waals surface area contributed by atoms with Gasteiger partial charge in [-0.25, -0.2) is 4.79 Å². The van der Waals surface area contributed by atoms with Gasteiger partial charge in [-0.3, -0.25) is 4.79 Å². The van der Waals surface area contributed by atoms with E-state index in [-0.39, 0.29) is 12.4 Å². The van der Waals surface area contributed by atoms with Gasteiger partial charge in [0.1, 0.15) is 17.9 Å². The normalized spacial score (nSPS) is 11.3. The number of aryl methyl sites for hydroxylation is 1. The van der Waals surface area contributed by atoms with E-state index in [2.05, 4.69) is 0 Å². The Bertz CT molecular complexity index is 1170. The van der Waals surface area contributed by atoms with E-state index in [0.717, 1.165) is 11.1 Å². The molecule has 0 fully saturated rings. The number of allylic oxidation sites excluding steroid dienone is 1. The molecular weight excluding hydrogens is 416 g/mol. The van der Waals surface area contributed by atoms with Crippen molar-refractivity contribution in [1.82, 2.24) is 0 Å².